The second kappa shape index (κ2) is 6.06. The van der Waals surface area contributed by atoms with Crippen molar-refractivity contribution in [1.29, 1.82) is 0 Å². The number of nitrogens with zero attached hydrogens (tertiary/aromatic N) is 2. The van der Waals surface area contributed by atoms with Gasteiger partial charge in [0.1, 0.15) is 0 Å². The van der Waals surface area contributed by atoms with E-state index in [1.807, 2.05) is 0 Å². The van der Waals surface area contributed by atoms with Gasteiger partial charge in [0.25, 0.3) is 0 Å². The van der Waals surface area contributed by atoms with E-state index in [2.05, 4.69) is 27.4 Å². The molecule has 2 aliphatic rings. The molecule has 2 heterocycles. The minimum atomic E-state index is -0.228. The Bertz CT molecular complexity index is 392. The minimum absolute atomic E-state index is 0.228. The van der Waals surface area contributed by atoms with E-state index in [0.29, 0.717) is 18.4 Å². The first kappa shape index (κ1) is 13.1. The van der Waals surface area contributed by atoms with E-state index in [-0.39, 0.29) is 6.10 Å². The van der Waals surface area contributed by atoms with Gasteiger partial charge in [0.15, 0.2) is 0 Å². The molecule has 1 unspecified atom stereocenters. The Kier molecular flexibility index (Phi) is 4.18. The van der Waals surface area contributed by atoms with Crippen molar-refractivity contribution in [2.24, 2.45) is 5.92 Å². The van der Waals surface area contributed by atoms with Gasteiger partial charge in [-0.15, -0.1) is 0 Å². The summed E-state index contributed by atoms with van der Waals surface area (Å²) in [5, 5.41) is 18.3. The van der Waals surface area contributed by atoms with Crippen molar-refractivity contribution in [3.8, 4) is 0 Å². The van der Waals surface area contributed by atoms with Crippen LogP contribution < -0.4 is 5.32 Å². The van der Waals surface area contributed by atoms with Crippen molar-refractivity contribution in [1.82, 2.24) is 15.1 Å². The largest absolute Gasteiger partial charge is 0.392 e. The van der Waals surface area contributed by atoms with Crippen molar-refractivity contribution in [2.75, 3.05) is 13.1 Å². The maximum Gasteiger partial charge on any atom is 0.0650 e. The average molecular weight is 263 g/mol. The standard InChI is InChI=1S/C15H25N3O/c19-15(12-5-8-16-9-6-12)11-13-7-10-18(17-13)14-3-1-2-4-14/h7,10,12,14-16,19H,1-6,8-9,11H2. The summed E-state index contributed by atoms with van der Waals surface area (Å²) in [6.07, 6.45) is 9.94. The summed E-state index contributed by atoms with van der Waals surface area (Å²) in [7, 11) is 0. The summed E-state index contributed by atoms with van der Waals surface area (Å²) >= 11 is 0. The molecule has 4 nitrogen and oxygen atoms in total. The number of aliphatic hydroxyl groups excluding tert-OH is 1. The molecule has 1 aliphatic heterocycles. The molecule has 2 fully saturated rings. The van der Waals surface area contributed by atoms with Crippen LogP contribution in [-0.4, -0.2) is 34.1 Å². The zero-order chi connectivity index (χ0) is 13.1. The highest BCUT2D eigenvalue weighted by Gasteiger charge is 2.23. The van der Waals surface area contributed by atoms with Crippen LogP contribution in [0.4, 0.5) is 0 Å². The number of rotatable bonds is 4. The van der Waals surface area contributed by atoms with Crippen LogP contribution in [-0.2, 0) is 6.42 Å². The summed E-state index contributed by atoms with van der Waals surface area (Å²) in [4.78, 5) is 0. The topological polar surface area (TPSA) is 50.1 Å². The van der Waals surface area contributed by atoms with Gasteiger partial charge in [-0.25, -0.2) is 0 Å². The van der Waals surface area contributed by atoms with E-state index in [0.717, 1.165) is 31.6 Å². The summed E-state index contributed by atoms with van der Waals surface area (Å²) in [5.41, 5.74) is 1.05. The highest BCUT2D eigenvalue weighted by atomic mass is 16.3. The first-order chi connectivity index (χ1) is 9.33. The van der Waals surface area contributed by atoms with Crippen LogP contribution in [0.15, 0.2) is 12.3 Å². The predicted octanol–water partition coefficient (Wildman–Crippen LogP) is 1.90. The number of hydrogen-bond acceptors (Lipinski definition) is 3. The molecule has 1 atom stereocenters. The lowest BCUT2D eigenvalue weighted by molar-refractivity contribution is 0.0880. The quantitative estimate of drug-likeness (QED) is 0.872. The molecule has 0 aromatic carbocycles. The summed E-state index contributed by atoms with van der Waals surface area (Å²) < 4.78 is 2.12. The van der Waals surface area contributed by atoms with E-state index in [9.17, 15) is 5.11 Å². The lowest BCUT2D eigenvalue weighted by Gasteiger charge is -2.26. The van der Waals surface area contributed by atoms with Gasteiger partial charge in [-0.3, -0.25) is 4.68 Å². The first-order valence-corrected chi connectivity index (χ1v) is 7.76. The number of piperidine rings is 1. The molecule has 4 heteroatoms. The van der Waals surface area contributed by atoms with Crippen molar-refractivity contribution >= 4 is 0 Å². The van der Waals surface area contributed by atoms with Gasteiger partial charge >= 0.3 is 0 Å². The molecule has 0 spiro atoms. The normalized spacial score (nSPS) is 23.8. The van der Waals surface area contributed by atoms with Gasteiger partial charge in [-0.05, 0) is 50.8 Å². The Morgan fingerprint density at radius 1 is 1.26 bits per heavy atom. The molecule has 0 radical (unpaired) electrons. The predicted molar refractivity (Wildman–Crippen MR) is 75.0 cm³/mol. The third-order valence-corrected chi connectivity index (χ3v) is 4.71. The molecular weight excluding hydrogens is 238 g/mol. The molecule has 2 N–H and O–H groups in total. The van der Waals surface area contributed by atoms with E-state index in [1.165, 1.54) is 25.7 Å². The second-order valence-corrected chi connectivity index (χ2v) is 6.08. The van der Waals surface area contributed by atoms with E-state index < -0.39 is 0 Å². The lowest BCUT2D eigenvalue weighted by Crippen LogP contribution is -2.35. The molecular formula is C15H25N3O. The fourth-order valence-corrected chi connectivity index (χ4v) is 3.47. The minimum Gasteiger partial charge on any atom is -0.392 e. The second-order valence-electron chi connectivity index (χ2n) is 6.08. The van der Waals surface area contributed by atoms with Gasteiger partial charge in [0, 0.05) is 12.6 Å². The molecule has 1 aromatic heterocycles. The van der Waals surface area contributed by atoms with Gasteiger partial charge in [0.05, 0.1) is 17.8 Å². The fourth-order valence-electron chi connectivity index (χ4n) is 3.47. The van der Waals surface area contributed by atoms with Gasteiger partial charge in [0.2, 0.25) is 0 Å². The van der Waals surface area contributed by atoms with Crippen LogP contribution in [0.25, 0.3) is 0 Å². The third-order valence-electron chi connectivity index (χ3n) is 4.71. The molecule has 1 aliphatic carbocycles. The van der Waals surface area contributed by atoms with E-state index in [4.69, 9.17) is 0 Å². The lowest BCUT2D eigenvalue weighted by atomic mass is 9.90. The van der Waals surface area contributed by atoms with Gasteiger partial charge in [-0.1, -0.05) is 12.8 Å². The molecule has 3 rings (SSSR count). The van der Waals surface area contributed by atoms with Crippen LogP contribution in [0, 0.1) is 5.92 Å². The van der Waals surface area contributed by atoms with Crippen molar-refractivity contribution in [3.05, 3.63) is 18.0 Å². The fraction of sp³-hybridized carbons (Fsp3) is 0.800. The molecule has 1 saturated heterocycles. The highest BCUT2D eigenvalue weighted by Crippen LogP contribution is 2.29. The average Bonchev–Trinajstić information content (AvgIpc) is 3.10. The van der Waals surface area contributed by atoms with Gasteiger partial charge in [-0.2, -0.15) is 5.10 Å². The van der Waals surface area contributed by atoms with E-state index in [1.54, 1.807) is 0 Å². The highest BCUT2D eigenvalue weighted by molar-refractivity contribution is 5.02. The van der Waals surface area contributed by atoms with Crippen molar-refractivity contribution in [2.45, 2.75) is 57.1 Å². The van der Waals surface area contributed by atoms with Crippen LogP contribution in [0.3, 0.4) is 0 Å². The van der Waals surface area contributed by atoms with Crippen molar-refractivity contribution in [3.63, 3.8) is 0 Å². The van der Waals surface area contributed by atoms with Gasteiger partial charge < -0.3 is 10.4 Å². The number of nitrogens with one attached hydrogen (secondary N) is 1. The van der Waals surface area contributed by atoms with Crippen LogP contribution in [0.2, 0.25) is 0 Å². The first-order valence-electron chi connectivity index (χ1n) is 7.76. The molecule has 1 aromatic rings. The monoisotopic (exact) mass is 263 g/mol. The van der Waals surface area contributed by atoms with Crippen LogP contribution >= 0.6 is 0 Å². The Morgan fingerprint density at radius 3 is 2.74 bits per heavy atom. The van der Waals surface area contributed by atoms with Crippen LogP contribution in [0.1, 0.15) is 50.3 Å². The van der Waals surface area contributed by atoms with Crippen LogP contribution in [0.5, 0.6) is 0 Å². The molecule has 106 valence electrons. The SMILES string of the molecule is OC(Cc1ccn(C2CCCC2)n1)C1CCNCC1. The number of aromatic nitrogens is 2. The number of hydrogen-bond donors (Lipinski definition) is 2. The Morgan fingerprint density at radius 2 is 2.00 bits per heavy atom. The molecule has 1 saturated carbocycles. The maximum absolute atomic E-state index is 10.3. The zero-order valence-corrected chi connectivity index (χ0v) is 11.6. The molecule has 0 amide bonds. The maximum atomic E-state index is 10.3. The molecule has 0 bridgehead atoms. The summed E-state index contributed by atoms with van der Waals surface area (Å²) in [6.45, 7) is 2.08. The molecule has 19 heavy (non-hydrogen) atoms. The Labute approximate surface area is 115 Å². The Hall–Kier alpha value is -0.870. The zero-order valence-electron chi connectivity index (χ0n) is 11.6. The third kappa shape index (κ3) is 3.18. The number of aliphatic hydroxyl groups is 1. The van der Waals surface area contributed by atoms with E-state index >= 15 is 0 Å². The van der Waals surface area contributed by atoms with Crippen molar-refractivity contribution < 1.29 is 5.11 Å². The summed E-state index contributed by atoms with van der Waals surface area (Å²) in [6, 6.07) is 2.69. The smallest absolute Gasteiger partial charge is 0.0650 e. The summed E-state index contributed by atoms with van der Waals surface area (Å²) in [5.74, 6) is 0.442. The Balaban J connectivity index is 1.56.